The molecular weight excluding hydrogens is 887 g/mol. The Bertz CT molecular complexity index is 3930. The molecule has 2 heteroatoms. The lowest BCUT2D eigenvalue weighted by atomic mass is 9.78. The number of nitrogens with zero attached hydrogens (tertiary/aromatic N) is 1. The molecular formula is C70H57NS. The van der Waals surface area contributed by atoms with Gasteiger partial charge in [-0.3, -0.25) is 0 Å². The predicted octanol–water partition coefficient (Wildman–Crippen LogP) is 20.8. The summed E-state index contributed by atoms with van der Waals surface area (Å²) in [4.78, 5) is 2.45. The topological polar surface area (TPSA) is 3.24 Å². The summed E-state index contributed by atoms with van der Waals surface area (Å²) >= 11 is 1.87. The highest BCUT2D eigenvalue weighted by Crippen LogP contribution is 2.47. The molecule has 1 aromatic heterocycles. The molecule has 0 aliphatic carbocycles. The van der Waals surface area contributed by atoms with Crippen molar-refractivity contribution in [1.82, 2.24) is 0 Å². The van der Waals surface area contributed by atoms with Crippen LogP contribution in [0.3, 0.4) is 0 Å². The Morgan fingerprint density at radius 1 is 0.306 bits per heavy atom. The summed E-state index contributed by atoms with van der Waals surface area (Å²) in [5, 5.41) is 7.64. The van der Waals surface area contributed by atoms with Gasteiger partial charge in [-0.15, -0.1) is 11.3 Å². The second-order valence-corrected chi connectivity index (χ2v) is 22.4. The van der Waals surface area contributed by atoms with Gasteiger partial charge in [0.2, 0.25) is 0 Å². The maximum absolute atomic E-state index is 2.45. The van der Waals surface area contributed by atoms with Crippen molar-refractivity contribution in [3.8, 4) is 55.6 Å². The Hall–Kier alpha value is -8.04. The largest absolute Gasteiger partial charge is 0.310 e. The standard InChI is InChI=1S/C70H57NS/c1-69(2,3)53-43-52(44-54(45-53)70(4,5)6)60-25-14-19-51-20-15-27-62(67(51)60)61-22-9-11-28-64(61)71(56-41-37-50(38-42-56)59-26-16-30-66-68(59)63-23-10-12-29-65(63)72-66)55-39-35-47(36-40-55)46-31-33-49(34-32-46)58-24-13-18-48-17-7-8-21-57(48)58/h7-45H,1-6H3. The van der Waals surface area contributed by atoms with E-state index in [-0.39, 0.29) is 10.8 Å². The fraction of sp³-hybridized carbons (Fsp3) is 0.114. The van der Waals surface area contributed by atoms with Gasteiger partial charge in [0.1, 0.15) is 0 Å². The van der Waals surface area contributed by atoms with Gasteiger partial charge in [0.05, 0.1) is 5.69 Å². The van der Waals surface area contributed by atoms with Crippen LogP contribution in [-0.2, 0) is 10.8 Å². The maximum Gasteiger partial charge on any atom is 0.0540 e. The number of hydrogen-bond donors (Lipinski definition) is 0. The summed E-state index contributed by atoms with van der Waals surface area (Å²) in [6.45, 7) is 13.9. The van der Waals surface area contributed by atoms with Gasteiger partial charge in [0, 0.05) is 37.1 Å². The number of anilines is 3. The Labute approximate surface area is 428 Å². The van der Waals surface area contributed by atoms with Gasteiger partial charge in [-0.25, -0.2) is 0 Å². The minimum Gasteiger partial charge on any atom is -0.310 e. The fourth-order valence-electron chi connectivity index (χ4n) is 10.7. The SMILES string of the molecule is CC(C)(C)c1cc(-c2cccc3cccc(-c4ccccc4N(c4ccc(-c5ccc(-c6cccc7ccccc67)cc5)cc4)c4ccc(-c5cccc6sc7ccccc7c56)cc4)c23)cc(C(C)(C)C)c1. The molecule has 0 fully saturated rings. The third kappa shape index (κ3) is 8.26. The van der Waals surface area contributed by atoms with E-state index in [9.17, 15) is 0 Å². The first kappa shape index (κ1) is 45.1. The Morgan fingerprint density at radius 3 is 1.42 bits per heavy atom. The zero-order valence-corrected chi connectivity index (χ0v) is 42.7. The summed E-state index contributed by atoms with van der Waals surface area (Å²) in [6.07, 6.45) is 0. The van der Waals surface area contributed by atoms with Crippen LogP contribution in [0.2, 0.25) is 0 Å². The van der Waals surface area contributed by atoms with Gasteiger partial charge in [-0.2, -0.15) is 0 Å². The predicted molar refractivity (Wildman–Crippen MR) is 314 cm³/mol. The Balaban J connectivity index is 1.000. The average molecular weight is 944 g/mol. The van der Waals surface area contributed by atoms with Gasteiger partial charge < -0.3 is 4.90 Å². The van der Waals surface area contributed by atoms with Crippen molar-refractivity contribution in [3.05, 3.63) is 248 Å². The lowest BCUT2D eigenvalue weighted by Gasteiger charge is -2.29. The average Bonchev–Trinajstić information content (AvgIpc) is 3.80. The number of rotatable bonds is 8. The Morgan fingerprint density at radius 2 is 0.750 bits per heavy atom. The summed E-state index contributed by atoms with van der Waals surface area (Å²) in [5.41, 5.74) is 18.1. The first-order valence-electron chi connectivity index (χ1n) is 25.2. The van der Waals surface area contributed by atoms with Crippen molar-refractivity contribution in [2.24, 2.45) is 0 Å². The molecule has 348 valence electrons. The lowest BCUT2D eigenvalue weighted by Crippen LogP contribution is -2.16. The van der Waals surface area contributed by atoms with Crippen molar-refractivity contribution in [2.75, 3.05) is 4.90 Å². The van der Waals surface area contributed by atoms with Crippen LogP contribution in [0.15, 0.2) is 237 Å². The minimum absolute atomic E-state index is 0.00736. The quantitative estimate of drug-likeness (QED) is 0.147. The summed E-state index contributed by atoms with van der Waals surface area (Å²) in [5.74, 6) is 0. The van der Waals surface area contributed by atoms with E-state index in [0.717, 1.165) is 17.1 Å². The van der Waals surface area contributed by atoms with Crippen molar-refractivity contribution >= 4 is 70.1 Å². The molecule has 12 rings (SSSR count). The van der Waals surface area contributed by atoms with E-state index in [2.05, 4.69) is 283 Å². The van der Waals surface area contributed by atoms with Gasteiger partial charge in [0.15, 0.2) is 0 Å². The molecule has 0 unspecified atom stereocenters. The van der Waals surface area contributed by atoms with E-state index in [1.807, 2.05) is 11.3 Å². The van der Waals surface area contributed by atoms with Crippen molar-refractivity contribution in [2.45, 2.75) is 52.4 Å². The normalized spacial score (nSPS) is 12.0. The molecule has 72 heavy (non-hydrogen) atoms. The third-order valence-electron chi connectivity index (χ3n) is 14.6. The lowest BCUT2D eigenvalue weighted by molar-refractivity contribution is 0.569. The van der Waals surface area contributed by atoms with Gasteiger partial charge in [0.25, 0.3) is 0 Å². The van der Waals surface area contributed by atoms with E-state index in [1.165, 1.54) is 108 Å². The second-order valence-electron chi connectivity index (χ2n) is 21.3. The van der Waals surface area contributed by atoms with E-state index >= 15 is 0 Å². The number of hydrogen-bond acceptors (Lipinski definition) is 2. The molecule has 0 saturated carbocycles. The monoisotopic (exact) mass is 943 g/mol. The number of fused-ring (bicyclic) bond motifs is 5. The fourth-order valence-corrected chi connectivity index (χ4v) is 11.8. The molecule has 0 aliphatic rings. The van der Waals surface area contributed by atoms with Crippen LogP contribution >= 0.6 is 11.3 Å². The van der Waals surface area contributed by atoms with Crippen molar-refractivity contribution in [3.63, 3.8) is 0 Å². The zero-order chi connectivity index (χ0) is 49.1. The highest BCUT2D eigenvalue weighted by atomic mass is 32.1. The van der Waals surface area contributed by atoms with Crippen LogP contribution in [0.4, 0.5) is 17.1 Å². The van der Waals surface area contributed by atoms with Gasteiger partial charge >= 0.3 is 0 Å². The number of thiophene rings is 1. The number of benzene rings is 11. The molecule has 0 bridgehead atoms. The second kappa shape index (κ2) is 18.0. The molecule has 0 aliphatic heterocycles. The number of para-hydroxylation sites is 1. The van der Waals surface area contributed by atoms with E-state index in [4.69, 9.17) is 0 Å². The van der Waals surface area contributed by atoms with Crippen molar-refractivity contribution < 1.29 is 0 Å². The van der Waals surface area contributed by atoms with E-state index < -0.39 is 0 Å². The summed E-state index contributed by atoms with van der Waals surface area (Å²) in [6, 6.07) is 88.0. The first-order chi connectivity index (χ1) is 35.0. The smallest absolute Gasteiger partial charge is 0.0540 e. The van der Waals surface area contributed by atoms with Gasteiger partial charge in [-0.05, 0) is 136 Å². The van der Waals surface area contributed by atoms with Crippen LogP contribution in [0.1, 0.15) is 52.7 Å². The maximum atomic E-state index is 2.45. The molecule has 0 atom stereocenters. The van der Waals surface area contributed by atoms with Crippen LogP contribution in [0.5, 0.6) is 0 Å². The first-order valence-corrected chi connectivity index (χ1v) is 26.0. The Kier molecular flexibility index (Phi) is 11.3. The molecule has 11 aromatic carbocycles. The molecule has 0 radical (unpaired) electrons. The minimum atomic E-state index is -0.00736. The summed E-state index contributed by atoms with van der Waals surface area (Å²) < 4.78 is 2.63. The summed E-state index contributed by atoms with van der Waals surface area (Å²) in [7, 11) is 0. The van der Waals surface area contributed by atoms with E-state index in [0.29, 0.717) is 0 Å². The van der Waals surface area contributed by atoms with E-state index in [1.54, 1.807) is 0 Å². The molecule has 0 N–H and O–H groups in total. The highest BCUT2D eigenvalue weighted by Gasteiger charge is 2.24. The highest BCUT2D eigenvalue weighted by molar-refractivity contribution is 7.25. The molecule has 0 spiro atoms. The van der Waals surface area contributed by atoms with Gasteiger partial charge in [-0.1, -0.05) is 236 Å². The molecule has 1 heterocycles. The van der Waals surface area contributed by atoms with Crippen LogP contribution in [0, 0.1) is 0 Å². The molecule has 1 nitrogen and oxygen atoms in total. The van der Waals surface area contributed by atoms with Crippen LogP contribution in [-0.4, -0.2) is 0 Å². The molecule has 0 amide bonds. The van der Waals surface area contributed by atoms with Crippen LogP contribution in [0.25, 0.3) is 97.4 Å². The molecule has 0 saturated heterocycles. The van der Waals surface area contributed by atoms with Crippen molar-refractivity contribution in [1.29, 1.82) is 0 Å². The van der Waals surface area contributed by atoms with Crippen LogP contribution < -0.4 is 4.90 Å². The molecule has 12 aromatic rings. The zero-order valence-electron chi connectivity index (χ0n) is 41.9. The third-order valence-corrected chi connectivity index (χ3v) is 15.7.